The van der Waals surface area contributed by atoms with E-state index in [4.69, 9.17) is 4.74 Å². The van der Waals surface area contributed by atoms with Gasteiger partial charge in [0.2, 0.25) is 0 Å². The first-order valence-corrected chi connectivity index (χ1v) is 12.3. The number of rotatable bonds is 13. The monoisotopic (exact) mass is 492 g/mol. The lowest BCUT2D eigenvalue weighted by Gasteiger charge is -2.31. The van der Waals surface area contributed by atoms with Gasteiger partial charge in [-0.2, -0.15) is 0 Å². The van der Waals surface area contributed by atoms with Gasteiger partial charge in [0.1, 0.15) is 12.8 Å². The molecule has 3 rings (SSSR count). The number of benzene rings is 2. The number of carbonyl (C=O) groups is 2. The van der Waals surface area contributed by atoms with Gasteiger partial charge in [0.25, 0.3) is 0 Å². The van der Waals surface area contributed by atoms with Crippen LogP contribution in [-0.4, -0.2) is 44.1 Å². The van der Waals surface area contributed by atoms with E-state index < -0.39 is 18.0 Å². The van der Waals surface area contributed by atoms with Crippen molar-refractivity contribution in [3.63, 3.8) is 0 Å². The number of ether oxygens (including phenoxy) is 1. The fourth-order valence-electron chi connectivity index (χ4n) is 4.16. The van der Waals surface area contributed by atoms with Crippen LogP contribution >= 0.6 is 0 Å². The number of carboxylic acids is 1. The molecular weight excluding hydrogens is 456 g/mol. The van der Waals surface area contributed by atoms with E-state index in [0.29, 0.717) is 32.7 Å². The molecule has 0 aliphatic heterocycles. The average molecular weight is 493 g/mol. The maximum atomic E-state index is 13.3. The number of carboxylic acid groups (broad SMARTS) is 1. The molecule has 8 heteroatoms. The van der Waals surface area contributed by atoms with Crippen molar-refractivity contribution in [2.75, 3.05) is 6.54 Å². The minimum absolute atomic E-state index is 0.142. The molecule has 2 atom stereocenters. The Kier molecular flexibility index (Phi) is 10.1. The number of hydrogen-bond acceptors (Lipinski definition) is 4. The second-order valence-electron chi connectivity index (χ2n) is 9.20. The molecular formula is C28H36N4O4. The summed E-state index contributed by atoms with van der Waals surface area (Å²) in [6.07, 6.45) is 4.35. The van der Waals surface area contributed by atoms with Crippen molar-refractivity contribution in [2.45, 2.75) is 59.0 Å². The maximum absolute atomic E-state index is 13.3. The van der Waals surface area contributed by atoms with Gasteiger partial charge in [0.05, 0.1) is 19.0 Å². The summed E-state index contributed by atoms with van der Waals surface area (Å²) in [5.74, 6) is -0.853. The molecule has 192 valence electrons. The number of likely N-dealkylation sites (N-methyl/N-ethyl adjacent to an activating group) is 1. The van der Waals surface area contributed by atoms with Gasteiger partial charge in [-0.15, -0.1) is 0 Å². The van der Waals surface area contributed by atoms with Crippen LogP contribution in [0.5, 0.6) is 0 Å². The predicted octanol–water partition coefficient (Wildman–Crippen LogP) is 4.87. The zero-order chi connectivity index (χ0) is 25.9. The number of nitrogens with zero attached hydrogens (tertiary/aromatic N) is 3. The molecule has 0 saturated heterocycles. The Labute approximate surface area is 212 Å². The molecule has 0 aliphatic rings. The topological polar surface area (TPSA) is 96.7 Å². The number of imidazole rings is 1. The molecule has 2 aromatic carbocycles. The number of aliphatic carboxylic acids is 1. The second kappa shape index (κ2) is 13.4. The third-order valence-electron chi connectivity index (χ3n) is 6.01. The molecule has 0 fully saturated rings. The highest BCUT2D eigenvalue weighted by atomic mass is 16.5. The Morgan fingerprint density at radius 1 is 1.08 bits per heavy atom. The highest BCUT2D eigenvalue weighted by Gasteiger charge is 2.30. The zero-order valence-corrected chi connectivity index (χ0v) is 21.2. The van der Waals surface area contributed by atoms with E-state index in [9.17, 15) is 14.7 Å². The summed E-state index contributed by atoms with van der Waals surface area (Å²) in [5, 5.41) is 12.9. The van der Waals surface area contributed by atoms with E-state index in [1.54, 1.807) is 19.4 Å². The van der Waals surface area contributed by atoms with Gasteiger partial charge in [-0.25, -0.2) is 14.6 Å². The number of nitrogens with one attached hydrogen (secondary N) is 1. The van der Waals surface area contributed by atoms with Gasteiger partial charge >= 0.3 is 12.0 Å². The Morgan fingerprint density at radius 2 is 1.75 bits per heavy atom. The summed E-state index contributed by atoms with van der Waals surface area (Å²) in [5.41, 5.74) is 2.91. The van der Waals surface area contributed by atoms with Crippen LogP contribution in [-0.2, 0) is 29.3 Å². The first-order chi connectivity index (χ1) is 17.4. The average Bonchev–Trinajstić information content (AvgIpc) is 3.31. The minimum atomic E-state index is -0.995. The van der Waals surface area contributed by atoms with E-state index in [0.717, 1.165) is 16.8 Å². The van der Waals surface area contributed by atoms with Crippen LogP contribution < -0.4 is 5.32 Å². The van der Waals surface area contributed by atoms with E-state index in [-0.39, 0.29) is 12.0 Å². The summed E-state index contributed by atoms with van der Waals surface area (Å²) in [4.78, 5) is 31.0. The van der Waals surface area contributed by atoms with Crippen molar-refractivity contribution < 1.29 is 19.4 Å². The predicted molar refractivity (Wildman–Crippen MR) is 138 cm³/mol. The molecule has 0 aliphatic carbocycles. The number of hydrogen-bond donors (Lipinski definition) is 2. The Hall–Kier alpha value is -3.65. The van der Waals surface area contributed by atoms with E-state index in [1.807, 2.05) is 79.1 Å². The zero-order valence-electron chi connectivity index (χ0n) is 21.2. The minimum Gasteiger partial charge on any atom is -0.480 e. The maximum Gasteiger partial charge on any atom is 0.326 e. The van der Waals surface area contributed by atoms with Crippen LogP contribution in [0.4, 0.5) is 4.79 Å². The van der Waals surface area contributed by atoms with E-state index in [1.165, 1.54) is 4.90 Å². The standard InChI is InChI=1S/C28H36N4O4/c1-4-32(26(27(33)34)15-21(2)3)28(35)30-25(23-13-9-6-10-14-23)16-24-17-29-19-31(24)20-36-18-22-11-7-5-8-12-22/h5-14,17,19,21,25-26H,4,15-16,18,20H2,1-3H3,(H,30,35)(H,33,34). The first kappa shape index (κ1) is 26.9. The molecule has 0 radical (unpaired) electrons. The summed E-state index contributed by atoms with van der Waals surface area (Å²) in [6, 6.07) is 18.0. The molecule has 8 nitrogen and oxygen atoms in total. The van der Waals surface area contributed by atoms with Crippen LogP contribution in [0.2, 0.25) is 0 Å². The number of aromatic nitrogens is 2. The summed E-state index contributed by atoms with van der Waals surface area (Å²) in [6.45, 7) is 6.81. The van der Waals surface area contributed by atoms with Crippen molar-refractivity contribution in [1.29, 1.82) is 0 Å². The van der Waals surface area contributed by atoms with Gasteiger partial charge < -0.3 is 24.6 Å². The summed E-state index contributed by atoms with van der Waals surface area (Å²) < 4.78 is 7.80. The van der Waals surface area contributed by atoms with E-state index >= 15 is 0 Å². The normalized spacial score (nSPS) is 12.8. The molecule has 1 aromatic heterocycles. The van der Waals surface area contributed by atoms with Crippen LogP contribution in [0, 0.1) is 5.92 Å². The first-order valence-electron chi connectivity index (χ1n) is 12.3. The van der Waals surface area contributed by atoms with Crippen LogP contribution in [0.25, 0.3) is 0 Å². The molecule has 2 N–H and O–H groups in total. The van der Waals surface area contributed by atoms with Crippen molar-refractivity contribution in [2.24, 2.45) is 5.92 Å². The van der Waals surface area contributed by atoms with Gasteiger partial charge in [0, 0.05) is 24.9 Å². The largest absolute Gasteiger partial charge is 0.480 e. The SMILES string of the molecule is CCN(C(=O)NC(Cc1cncn1COCc1ccccc1)c1ccccc1)C(CC(C)C)C(=O)O. The van der Waals surface area contributed by atoms with Crippen molar-refractivity contribution in [1.82, 2.24) is 19.8 Å². The highest BCUT2D eigenvalue weighted by molar-refractivity contribution is 5.83. The van der Waals surface area contributed by atoms with Gasteiger partial charge in [-0.1, -0.05) is 74.5 Å². The van der Waals surface area contributed by atoms with E-state index in [2.05, 4.69) is 10.3 Å². The van der Waals surface area contributed by atoms with Crippen LogP contribution in [0.15, 0.2) is 73.2 Å². The smallest absolute Gasteiger partial charge is 0.326 e. The molecule has 0 saturated carbocycles. The highest BCUT2D eigenvalue weighted by Crippen LogP contribution is 2.20. The Balaban J connectivity index is 1.74. The third kappa shape index (κ3) is 7.68. The number of amides is 2. The van der Waals surface area contributed by atoms with Gasteiger partial charge in [0.15, 0.2) is 0 Å². The quantitative estimate of drug-likeness (QED) is 0.355. The lowest BCUT2D eigenvalue weighted by molar-refractivity contribution is -0.142. The Bertz CT molecular complexity index is 1090. The van der Waals surface area contributed by atoms with Crippen LogP contribution in [0.1, 0.15) is 50.1 Å². The molecule has 3 aromatic rings. The summed E-state index contributed by atoms with van der Waals surface area (Å²) >= 11 is 0. The fourth-order valence-corrected chi connectivity index (χ4v) is 4.16. The summed E-state index contributed by atoms with van der Waals surface area (Å²) in [7, 11) is 0. The second-order valence-corrected chi connectivity index (χ2v) is 9.20. The fraction of sp³-hybridized carbons (Fsp3) is 0.393. The lowest BCUT2D eigenvalue weighted by Crippen LogP contribution is -2.51. The number of carbonyl (C=O) groups excluding carboxylic acids is 1. The van der Waals surface area contributed by atoms with Crippen LogP contribution in [0.3, 0.4) is 0 Å². The molecule has 0 bridgehead atoms. The third-order valence-corrected chi connectivity index (χ3v) is 6.01. The molecule has 2 amide bonds. The lowest BCUT2D eigenvalue weighted by atomic mass is 10.0. The Morgan fingerprint density at radius 3 is 2.36 bits per heavy atom. The molecule has 1 heterocycles. The van der Waals surface area contributed by atoms with Gasteiger partial charge in [-0.05, 0) is 30.4 Å². The molecule has 36 heavy (non-hydrogen) atoms. The van der Waals surface area contributed by atoms with Gasteiger partial charge in [-0.3, -0.25) is 0 Å². The van der Waals surface area contributed by atoms with Crippen molar-refractivity contribution in [3.8, 4) is 0 Å². The molecule has 2 unspecified atom stereocenters. The number of urea groups is 1. The molecule has 0 spiro atoms. The van der Waals surface area contributed by atoms with Crippen molar-refractivity contribution in [3.05, 3.63) is 90.0 Å². The van der Waals surface area contributed by atoms with Crippen molar-refractivity contribution >= 4 is 12.0 Å².